The Labute approximate surface area is 235 Å². The van der Waals surface area contributed by atoms with Gasteiger partial charge in [0.05, 0.1) is 13.2 Å². The Morgan fingerprint density at radius 3 is 2.51 bits per heavy atom. The van der Waals surface area contributed by atoms with Gasteiger partial charge in [-0.1, -0.05) is 12.1 Å². The second-order valence-corrected chi connectivity index (χ2v) is 11.7. The molecular formula is C33H37N2O3S. The first kappa shape index (κ1) is 26.3. The molecule has 1 radical (unpaired) electrons. The number of thiophene rings is 1. The summed E-state index contributed by atoms with van der Waals surface area (Å²) >= 11 is 1.73. The molecule has 6 rings (SSSR count). The topological polar surface area (TPSA) is 45.2 Å². The Bertz CT molecular complexity index is 1400. The van der Waals surface area contributed by atoms with Gasteiger partial charge >= 0.3 is 0 Å². The predicted octanol–water partition coefficient (Wildman–Crippen LogP) is 6.40. The van der Waals surface area contributed by atoms with Crippen LogP contribution in [0, 0.1) is 13.0 Å². The van der Waals surface area contributed by atoms with Crippen molar-refractivity contribution >= 4 is 21.4 Å². The minimum Gasteiger partial charge on any atom is -0.508 e. The summed E-state index contributed by atoms with van der Waals surface area (Å²) in [5.41, 5.74) is 6.14. The molecule has 2 aliphatic rings. The molecule has 1 aromatic heterocycles. The van der Waals surface area contributed by atoms with Crippen LogP contribution in [0.3, 0.4) is 0 Å². The summed E-state index contributed by atoms with van der Waals surface area (Å²) in [5, 5.41) is 11.4. The van der Waals surface area contributed by atoms with Crippen LogP contribution in [0.5, 0.6) is 11.5 Å². The Hall–Kier alpha value is -2.90. The highest BCUT2D eigenvalue weighted by Crippen LogP contribution is 2.47. The van der Waals surface area contributed by atoms with E-state index in [1.807, 2.05) is 12.1 Å². The highest BCUT2D eigenvalue weighted by atomic mass is 32.1. The van der Waals surface area contributed by atoms with Crippen LogP contribution >= 0.6 is 11.3 Å². The van der Waals surface area contributed by atoms with Gasteiger partial charge in [-0.05, 0) is 110 Å². The van der Waals surface area contributed by atoms with Gasteiger partial charge in [0.2, 0.25) is 0 Å². The highest BCUT2D eigenvalue weighted by molar-refractivity contribution is 7.23. The third kappa shape index (κ3) is 5.99. The molecule has 3 aromatic carbocycles. The Morgan fingerprint density at radius 1 is 0.949 bits per heavy atom. The van der Waals surface area contributed by atoms with Crippen molar-refractivity contribution < 1.29 is 14.6 Å². The van der Waals surface area contributed by atoms with Crippen molar-refractivity contribution in [2.45, 2.75) is 26.2 Å². The van der Waals surface area contributed by atoms with Crippen LogP contribution < -0.4 is 4.74 Å². The van der Waals surface area contributed by atoms with E-state index < -0.39 is 0 Å². The number of benzene rings is 3. The number of fused-ring (bicyclic) bond motifs is 1. The number of hydrogen-bond acceptors (Lipinski definition) is 6. The summed E-state index contributed by atoms with van der Waals surface area (Å²) in [7, 11) is 0. The van der Waals surface area contributed by atoms with Crippen LogP contribution in [-0.4, -0.2) is 74.0 Å². The number of phenols is 1. The first-order chi connectivity index (χ1) is 19.2. The maximum absolute atomic E-state index is 10.2. The number of ether oxygens (including phenoxy) is 2. The van der Waals surface area contributed by atoms with Gasteiger partial charge in [-0.2, -0.15) is 0 Å². The monoisotopic (exact) mass is 541 g/mol. The Morgan fingerprint density at radius 2 is 1.72 bits per heavy atom. The van der Waals surface area contributed by atoms with E-state index in [2.05, 4.69) is 59.2 Å². The molecule has 1 N–H and O–H groups in total. The van der Waals surface area contributed by atoms with Crippen molar-refractivity contribution in [3.8, 4) is 33.1 Å². The summed E-state index contributed by atoms with van der Waals surface area (Å²) in [6, 6.07) is 22.1. The van der Waals surface area contributed by atoms with Crippen molar-refractivity contribution in [3.63, 3.8) is 0 Å². The lowest BCUT2D eigenvalue weighted by Crippen LogP contribution is -2.37. The fourth-order valence-corrected chi connectivity index (χ4v) is 7.04. The smallest absolute Gasteiger partial charge is 0.119 e. The molecule has 0 spiro atoms. The van der Waals surface area contributed by atoms with E-state index >= 15 is 0 Å². The molecule has 0 unspecified atom stereocenters. The standard InChI is InChI=1S/C33H37N2O3S/c1-24-25(13-16-35-17-20-37-21-18-35)5-4-6-29(24)32-30-12-9-27(36)23-31(30)39-33(32)26-7-10-28(11-8-26)38-22-19-34-14-2-3-15-34/h4-5,7-12,23,36H,2-3,13-22H2,1H3. The predicted molar refractivity (Wildman–Crippen MR) is 160 cm³/mol. The quantitative estimate of drug-likeness (QED) is 0.266. The zero-order chi connectivity index (χ0) is 26.6. The maximum atomic E-state index is 10.2. The zero-order valence-corrected chi connectivity index (χ0v) is 23.6. The molecule has 39 heavy (non-hydrogen) atoms. The lowest BCUT2D eigenvalue weighted by Gasteiger charge is -2.26. The molecule has 4 aromatic rings. The van der Waals surface area contributed by atoms with Gasteiger partial charge < -0.3 is 14.6 Å². The van der Waals surface area contributed by atoms with E-state index in [-0.39, 0.29) is 0 Å². The highest BCUT2D eigenvalue weighted by Gasteiger charge is 2.20. The van der Waals surface area contributed by atoms with Gasteiger partial charge in [-0.3, -0.25) is 9.80 Å². The van der Waals surface area contributed by atoms with E-state index in [1.54, 1.807) is 17.4 Å². The minimum atomic E-state index is 0.295. The first-order valence-electron chi connectivity index (χ1n) is 14.2. The first-order valence-corrected chi connectivity index (χ1v) is 15.0. The SMILES string of the molecule is Cc1c(-c2c(-c3ccc(OCCN4CCCC4)cc3)sc3cc(O)ccc23)[c]ccc1CCN1CCOCC1. The summed E-state index contributed by atoms with van der Waals surface area (Å²) < 4.78 is 12.7. The van der Waals surface area contributed by atoms with E-state index in [1.165, 1.54) is 47.5 Å². The molecule has 2 fully saturated rings. The second kappa shape index (κ2) is 12.1. The molecule has 5 nitrogen and oxygen atoms in total. The fraction of sp³-hybridized carbons (Fsp3) is 0.394. The summed E-state index contributed by atoms with van der Waals surface area (Å²) in [6.07, 6.45) is 3.62. The summed E-state index contributed by atoms with van der Waals surface area (Å²) in [5.74, 6) is 1.20. The van der Waals surface area contributed by atoms with E-state index in [0.717, 1.165) is 79.4 Å². The normalized spacial score (nSPS) is 16.7. The van der Waals surface area contributed by atoms with Crippen LogP contribution in [0.15, 0.2) is 54.6 Å². The van der Waals surface area contributed by atoms with Crippen molar-refractivity contribution in [1.82, 2.24) is 9.80 Å². The van der Waals surface area contributed by atoms with Crippen molar-refractivity contribution in [1.29, 1.82) is 0 Å². The van der Waals surface area contributed by atoms with Crippen molar-refractivity contribution in [2.75, 3.05) is 59.1 Å². The van der Waals surface area contributed by atoms with Gasteiger partial charge in [-0.25, -0.2) is 0 Å². The van der Waals surface area contributed by atoms with Crippen molar-refractivity contribution in [3.05, 3.63) is 71.8 Å². The summed E-state index contributed by atoms with van der Waals surface area (Å²) in [4.78, 5) is 6.16. The maximum Gasteiger partial charge on any atom is 0.119 e. The van der Waals surface area contributed by atoms with Gasteiger partial charge in [-0.15, -0.1) is 11.3 Å². The van der Waals surface area contributed by atoms with Gasteiger partial charge in [0, 0.05) is 46.7 Å². The summed E-state index contributed by atoms with van der Waals surface area (Å²) in [6.45, 7) is 11.0. The molecule has 2 aliphatic heterocycles. The fourth-order valence-electron chi connectivity index (χ4n) is 5.79. The number of likely N-dealkylation sites (tertiary alicyclic amines) is 1. The number of morpholine rings is 1. The van der Waals surface area contributed by atoms with Crippen LogP contribution in [0.1, 0.15) is 24.0 Å². The second-order valence-electron chi connectivity index (χ2n) is 10.6. The molecule has 0 amide bonds. The van der Waals surface area contributed by atoms with E-state index in [4.69, 9.17) is 9.47 Å². The van der Waals surface area contributed by atoms with Crippen LogP contribution in [-0.2, 0) is 11.2 Å². The molecule has 0 atom stereocenters. The third-order valence-electron chi connectivity index (χ3n) is 8.08. The molecule has 0 aliphatic carbocycles. The molecule has 0 bridgehead atoms. The zero-order valence-electron chi connectivity index (χ0n) is 22.7. The molecular weight excluding hydrogens is 504 g/mol. The Balaban J connectivity index is 1.28. The minimum absolute atomic E-state index is 0.295. The molecule has 203 valence electrons. The number of nitrogens with zero attached hydrogens (tertiary/aromatic N) is 2. The van der Waals surface area contributed by atoms with Gasteiger partial charge in [0.25, 0.3) is 0 Å². The van der Waals surface area contributed by atoms with E-state index in [0.29, 0.717) is 5.75 Å². The third-order valence-corrected chi connectivity index (χ3v) is 9.29. The van der Waals surface area contributed by atoms with Gasteiger partial charge in [0.15, 0.2) is 0 Å². The molecule has 0 saturated carbocycles. The van der Waals surface area contributed by atoms with Crippen LogP contribution in [0.4, 0.5) is 0 Å². The van der Waals surface area contributed by atoms with Crippen LogP contribution in [0.25, 0.3) is 31.7 Å². The number of hydrogen-bond donors (Lipinski definition) is 1. The number of aromatic hydroxyl groups is 1. The van der Waals surface area contributed by atoms with E-state index in [9.17, 15) is 5.11 Å². The average Bonchev–Trinajstić information content (AvgIpc) is 3.61. The Kier molecular flexibility index (Phi) is 8.16. The molecule has 6 heteroatoms. The molecule has 2 saturated heterocycles. The lowest BCUT2D eigenvalue weighted by molar-refractivity contribution is 0.0384. The molecule has 3 heterocycles. The van der Waals surface area contributed by atoms with Crippen molar-refractivity contribution in [2.24, 2.45) is 0 Å². The number of rotatable bonds is 9. The largest absolute Gasteiger partial charge is 0.508 e. The van der Waals surface area contributed by atoms with Gasteiger partial charge in [0.1, 0.15) is 18.1 Å². The van der Waals surface area contributed by atoms with Crippen LogP contribution in [0.2, 0.25) is 0 Å². The lowest BCUT2D eigenvalue weighted by atomic mass is 9.92. The number of phenolic OH excluding ortho intramolecular Hbond substituents is 1. The average molecular weight is 542 g/mol.